The lowest BCUT2D eigenvalue weighted by Gasteiger charge is -2.25. The number of hydrogen-bond donors (Lipinski definition) is 0. The Kier molecular flexibility index (Phi) is 4.44. The molecule has 0 aliphatic rings. The zero-order chi connectivity index (χ0) is 16.4. The molecule has 0 saturated heterocycles. The van der Waals surface area contributed by atoms with Crippen LogP contribution in [0.4, 0.5) is 0 Å². The van der Waals surface area contributed by atoms with Crippen LogP contribution in [0.3, 0.4) is 0 Å². The molecule has 0 unspecified atom stereocenters. The summed E-state index contributed by atoms with van der Waals surface area (Å²) in [6, 6.07) is 13.1. The molecule has 0 fully saturated rings. The quantitative estimate of drug-likeness (QED) is 0.719. The third-order valence-corrected chi connectivity index (χ3v) is 4.14. The Morgan fingerprint density at radius 1 is 1.04 bits per heavy atom. The summed E-state index contributed by atoms with van der Waals surface area (Å²) in [7, 11) is 0. The molecule has 0 aliphatic carbocycles. The molecule has 4 heteroatoms. The predicted octanol–water partition coefficient (Wildman–Crippen LogP) is 3.76. The maximum absolute atomic E-state index is 4.71. The highest BCUT2D eigenvalue weighted by Gasteiger charge is 2.14. The summed E-state index contributed by atoms with van der Waals surface area (Å²) in [5.41, 5.74) is 4.58. The molecule has 2 aromatic heterocycles. The Bertz CT molecular complexity index is 790. The van der Waals surface area contributed by atoms with Crippen molar-refractivity contribution >= 4 is 5.78 Å². The minimum absolute atomic E-state index is 0.454. The fourth-order valence-corrected chi connectivity index (χ4v) is 2.84. The van der Waals surface area contributed by atoms with Gasteiger partial charge in [-0.2, -0.15) is 0 Å². The molecular weight excluding hydrogens is 284 g/mol. The number of hydrogen-bond acceptors (Lipinski definition) is 3. The minimum atomic E-state index is 0.454. The molecule has 3 rings (SSSR count). The summed E-state index contributed by atoms with van der Waals surface area (Å²) >= 11 is 0. The number of rotatable bonds is 5. The van der Waals surface area contributed by atoms with E-state index in [1.807, 2.05) is 6.92 Å². The summed E-state index contributed by atoms with van der Waals surface area (Å²) in [5.74, 6) is 0.793. The molecule has 0 spiro atoms. The summed E-state index contributed by atoms with van der Waals surface area (Å²) in [6.45, 7) is 10.3. The lowest BCUT2D eigenvalue weighted by Crippen LogP contribution is -2.29. The Balaban J connectivity index is 1.84. The fraction of sp³-hybridized carbons (Fsp3) is 0.368. The van der Waals surface area contributed by atoms with Crippen LogP contribution in [0.2, 0.25) is 0 Å². The van der Waals surface area contributed by atoms with E-state index in [0.717, 1.165) is 30.3 Å². The molecule has 0 saturated carbocycles. The first-order chi connectivity index (χ1) is 11.0. The molecule has 4 nitrogen and oxygen atoms in total. The molecule has 0 N–H and O–H groups in total. The second-order valence-corrected chi connectivity index (χ2v) is 6.43. The van der Waals surface area contributed by atoms with Gasteiger partial charge in [0.05, 0.1) is 5.69 Å². The molecule has 0 atom stereocenters. The van der Waals surface area contributed by atoms with Crippen molar-refractivity contribution in [1.29, 1.82) is 0 Å². The largest absolute Gasteiger partial charge is 0.291 e. The van der Waals surface area contributed by atoms with Crippen LogP contribution in [-0.4, -0.2) is 25.3 Å². The van der Waals surface area contributed by atoms with Gasteiger partial charge in [0.25, 0.3) is 0 Å². The van der Waals surface area contributed by atoms with Crippen molar-refractivity contribution in [2.45, 2.75) is 46.8 Å². The van der Waals surface area contributed by atoms with Gasteiger partial charge >= 0.3 is 0 Å². The fourth-order valence-electron chi connectivity index (χ4n) is 2.84. The van der Waals surface area contributed by atoms with Crippen molar-refractivity contribution in [1.82, 2.24) is 19.3 Å². The van der Waals surface area contributed by atoms with Crippen molar-refractivity contribution < 1.29 is 0 Å². The van der Waals surface area contributed by atoms with Crippen molar-refractivity contribution in [3.05, 3.63) is 65.2 Å². The lowest BCUT2D eigenvalue weighted by molar-refractivity contribution is 0.201. The smallest absolute Gasteiger partial charge is 0.234 e. The van der Waals surface area contributed by atoms with Gasteiger partial charge in [0.1, 0.15) is 0 Å². The van der Waals surface area contributed by atoms with Crippen LogP contribution in [0, 0.1) is 13.8 Å². The second-order valence-electron chi connectivity index (χ2n) is 6.43. The van der Waals surface area contributed by atoms with E-state index in [-0.39, 0.29) is 0 Å². The number of aryl methyl sites for hydroxylation is 2. The molecule has 120 valence electrons. The first kappa shape index (κ1) is 15.7. The van der Waals surface area contributed by atoms with Gasteiger partial charge in [-0.1, -0.05) is 30.3 Å². The van der Waals surface area contributed by atoms with E-state index < -0.39 is 0 Å². The molecule has 23 heavy (non-hydrogen) atoms. The molecule has 0 radical (unpaired) electrons. The second kappa shape index (κ2) is 6.50. The van der Waals surface area contributed by atoms with Crippen LogP contribution in [0.25, 0.3) is 5.78 Å². The van der Waals surface area contributed by atoms with Crippen molar-refractivity contribution in [2.24, 2.45) is 0 Å². The van der Waals surface area contributed by atoms with Gasteiger partial charge in [-0.15, -0.1) is 0 Å². The van der Waals surface area contributed by atoms with Gasteiger partial charge in [-0.25, -0.2) is 9.97 Å². The molecule has 0 bridgehead atoms. The third kappa shape index (κ3) is 3.59. The van der Waals surface area contributed by atoms with E-state index in [4.69, 9.17) is 4.98 Å². The summed E-state index contributed by atoms with van der Waals surface area (Å²) in [4.78, 5) is 11.7. The highest BCUT2D eigenvalue weighted by Crippen LogP contribution is 2.14. The van der Waals surface area contributed by atoms with Gasteiger partial charge < -0.3 is 0 Å². The summed E-state index contributed by atoms with van der Waals surface area (Å²) in [6.07, 6.45) is 2.11. The Morgan fingerprint density at radius 3 is 2.48 bits per heavy atom. The number of benzene rings is 1. The monoisotopic (exact) mass is 308 g/mol. The topological polar surface area (TPSA) is 33.4 Å². The average molecular weight is 308 g/mol. The van der Waals surface area contributed by atoms with Crippen LogP contribution in [0.1, 0.15) is 36.5 Å². The highest BCUT2D eigenvalue weighted by molar-refractivity contribution is 5.34. The van der Waals surface area contributed by atoms with Gasteiger partial charge in [0, 0.05) is 36.7 Å². The Hall–Kier alpha value is -2.20. The SMILES string of the molecule is Cc1cc(C)n2cc(CN(Cc3ccccc3)C(C)C)nc2n1. The van der Waals surface area contributed by atoms with Crippen molar-refractivity contribution in [3.63, 3.8) is 0 Å². The number of aromatic nitrogens is 3. The Labute approximate surface area is 137 Å². The van der Waals surface area contributed by atoms with Crippen molar-refractivity contribution in [2.75, 3.05) is 0 Å². The molecular formula is C19H24N4. The zero-order valence-electron chi connectivity index (χ0n) is 14.3. The number of fused-ring (bicyclic) bond motifs is 1. The molecule has 1 aromatic carbocycles. The molecule has 0 amide bonds. The number of nitrogens with zero attached hydrogens (tertiary/aromatic N) is 4. The van der Waals surface area contributed by atoms with E-state index in [9.17, 15) is 0 Å². The molecule has 0 aliphatic heterocycles. The van der Waals surface area contributed by atoms with Gasteiger partial charge in [-0.3, -0.25) is 9.30 Å². The van der Waals surface area contributed by atoms with Gasteiger partial charge in [-0.05, 0) is 39.3 Å². The first-order valence-corrected chi connectivity index (χ1v) is 8.13. The highest BCUT2D eigenvalue weighted by atomic mass is 15.2. The normalized spacial score (nSPS) is 11.7. The van der Waals surface area contributed by atoms with E-state index in [0.29, 0.717) is 6.04 Å². The summed E-state index contributed by atoms with van der Waals surface area (Å²) < 4.78 is 2.07. The Morgan fingerprint density at radius 2 is 1.78 bits per heavy atom. The third-order valence-electron chi connectivity index (χ3n) is 4.14. The maximum atomic E-state index is 4.71. The van der Waals surface area contributed by atoms with E-state index in [1.165, 1.54) is 11.3 Å². The van der Waals surface area contributed by atoms with Crippen LogP contribution in [0.15, 0.2) is 42.6 Å². The lowest BCUT2D eigenvalue weighted by atomic mass is 10.2. The molecule has 3 aromatic rings. The van der Waals surface area contributed by atoms with E-state index in [1.54, 1.807) is 0 Å². The number of imidazole rings is 1. The van der Waals surface area contributed by atoms with Crippen LogP contribution in [0.5, 0.6) is 0 Å². The predicted molar refractivity (Wildman–Crippen MR) is 93.3 cm³/mol. The zero-order valence-corrected chi connectivity index (χ0v) is 14.3. The van der Waals surface area contributed by atoms with Crippen LogP contribution < -0.4 is 0 Å². The van der Waals surface area contributed by atoms with E-state index in [2.05, 4.69) is 77.7 Å². The molecule has 2 heterocycles. The first-order valence-electron chi connectivity index (χ1n) is 8.13. The van der Waals surface area contributed by atoms with Crippen molar-refractivity contribution in [3.8, 4) is 0 Å². The van der Waals surface area contributed by atoms with E-state index >= 15 is 0 Å². The van der Waals surface area contributed by atoms with Gasteiger partial charge in [0.15, 0.2) is 0 Å². The summed E-state index contributed by atoms with van der Waals surface area (Å²) in [5, 5.41) is 0. The standard InChI is InChI=1S/C19H24N4/c1-14(2)22(11-17-8-6-5-7-9-17)12-18-13-23-16(4)10-15(3)20-19(23)21-18/h5-10,13-14H,11-12H2,1-4H3. The van der Waals surface area contributed by atoms with Crippen LogP contribution >= 0.6 is 0 Å². The minimum Gasteiger partial charge on any atom is -0.291 e. The van der Waals surface area contributed by atoms with Gasteiger partial charge in [0.2, 0.25) is 5.78 Å². The van der Waals surface area contributed by atoms with Crippen LogP contribution in [-0.2, 0) is 13.1 Å². The average Bonchev–Trinajstić information content (AvgIpc) is 2.90. The maximum Gasteiger partial charge on any atom is 0.234 e.